The fraction of sp³-hybridized carbons (Fsp3) is 0.375. The molecular formula is C24H24N8O4. The van der Waals surface area contributed by atoms with E-state index in [2.05, 4.69) is 30.5 Å². The van der Waals surface area contributed by atoms with Crippen molar-refractivity contribution in [1.82, 2.24) is 40.1 Å². The molecule has 0 aliphatic carbocycles. The zero-order chi connectivity index (χ0) is 24.8. The van der Waals surface area contributed by atoms with Crippen molar-refractivity contribution in [2.24, 2.45) is 5.92 Å². The first-order chi connectivity index (χ1) is 17.5. The Balaban J connectivity index is 1.11. The molecule has 4 amide bonds. The molecule has 12 nitrogen and oxygen atoms in total. The number of hydrogen-bond donors (Lipinski definition) is 2. The highest BCUT2D eigenvalue weighted by atomic mass is 16.2. The number of imide groups is 1. The zero-order valence-electron chi connectivity index (χ0n) is 19.4. The molecule has 0 saturated carbocycles. The Morgan fingerprint density at radius 2 is 2.06 bits per heavy atom. The normalized spacial score (nSPS) is 21.2. The van der Waals surface area contributed by atoms with Crippen LogP contribution in [0.5, 0.6) is 0 Å². The molecule has 2 unspecified atom stereocenters. The van der Waals surface area contributed by atoms with Crippen LogP contribution < -0.4 is 10.6 Å². The van der Waals surface area contributed by atoms with Gasteiger partial charge in [-0.15, -0.1) is 5.10 Å². The highest BCUT2D eigenvalue weighted by Crippen LogP contribution is 2.29. The van der Waals surface area contributed by atoms with Crippen molar-refractivity contribution in [2.45, 2.75) is 44.8 Å². The first-order valence-electron chi connectivity index (χ1n) is 11.9. The van der Waals surface area contributed by atoms with Gasteiger partial charge in [0.25, 0.3) is 11.8 Å². The molecule has 3 aliphatic heterocycles. The summed E-state index contributed by atoms with van der Waals surface area (Å²) < 4.78 is 3.61. The Hall–Kier alpha value is -4.35. The third-order valence-corrected chi connectivity index (χ3v) is 7.08. The van der Waals surface area contributed by atoms with E-state index in [9.17, 15) is 19.2 Å². The summed E-state index contributed by atoms with van der Waals surface area (Å²) in [5, 5.41) is 13.4. The van der Waals surface area contributed by atoms with Gasteiger partial charge in [-0.1, -0.05) is 5.21 Å². The van der Waals surface area contributed by atoms with Crippen LogP contribution in [0.4, 0.5) is 0 Å². The van der Waals surface area contributed by atoms with Gasteiger partial charge in [0.15, 0.2) is 5.69 Å². The van der Waals surface area contributed by atoms with Gasteiger partial charge >= 0.3 is 0 Å². The van der Waals surface area contributed by atoms with Crippen LogP contribution in [0.1, 0.15) is 51.5 Å². The zero-order valence-corrected chi connectivity index (χ0v) is 19.4. The Morgan fingerprint density at radius 1 is 1.17 bits per heavy atom. The molecule has 0 radical (unpaired) electrons. The van der Waals surface area contributed by atoms with E-state index in [1.165, 1.54) is 9.58 Å². The van der Waals surface area contributed by atoms with E-state index in [1.54, 1.807) is 30.6 Å². The number of nitrogens with one attached hydrogen (secondary N) is 2. The lowest BCUT2D eigenvalue weighted by Crippen LogP contribution is -2.52. The van der Waals surface area contributed by atoms with Crippen LogP contribution in [0.25, 0.3) is 5.69 Å². The van der Waals surface area contributed by atoms with Gasteiger partial charge in [-0.3, -0.25) is 24.5 Å². The van der Waals surface area contributed by atoms with E-state index < -0.39 is 11.9 Å². The molecule has 2 aromatic heterocycles. The number of amides is 4. The number of carbonyl (C=O) groups is 4. The highest BCUT2D eigenvalue weighted by molar-refractivity contribution is 6.05. The van der Waals surface area contributed by atoms with E-state index in [-0.39, 0.29) is 36.4 Å². The summed E-state index contributed by atoms with van der Waals surface area (Å²) >= 11 is 0. The van der Waals surface area contributed by atoms with Gasteiger partial charge in [0.2, 0.25) is 11.8 Å². The molecule has 12 heteroatoms. The van der Waals surface area contributed by atoms with Crippen molar-refractivity contribution in [3.63, 3.8) is 0 Å². The number of carbonyl (C=O) groups excluding carboxylic acids is 4. The molecule has 2 N–H and O–H groups in total. The summed E-state index contributed by atoms with van der Waals surface area (Å²) in [5.74, 6) is 0.107. The maximum atomic E-state index is 12.9. The Labute approximate surface area is 205 Å². The number of piperidine rings is 1. The molecule has 3 aliphatic rings. The van der Waals surface area contributed by atoms with Gasteiger partial charge < -0.3 is 14.8 Å². The Morgan fingerprint density at radius 3 is 2.92 bits per heavy atom. The van der Waals surface area contributed by atoms with Crippen molar-refractivity contribution in [3.8, 4) is 5.69 Å². The number of aryl methyl sites for hydroxylation is 1. The number of hydrogen-bond acceptors (Lipinski definition) is 7. The van der Waals surface area contributed by atoms with Crippen molar-refractivity contribution < 1.29 is 19.2 Å². The Kier molecular flexibility index (Phi) is 5.35. The minimum Gasteiger partial charge on any atom is -0.350 e. The quantitative estimate of drug-likeness (QED) is 0.489. The predicted octanol–water partition coefficient (Wildman–Crippen LogP) is 0.217. The van der Waals surface area contributed by atoms with Crippen molar-refractivity contribution >= 4 is 23.6 Å². The number of aromatic nitrogens is 5. The van der Waals surface area contributed by atoms with E-state index in [4.69, 9.17) is 0 Å². The number of benzene rings is 1. The van der Waals surface area contributed by atoms with Crippen LogP contribution in [-0.4, -0.2) is 65.7 Å². The van der Waals surface area contributed by atoms with Gasteiger partial charge in [-0.2, -0.15) is 0 Å². The van der Waals surface area contributed by atoms with Crippen molar-refractivity contribution in [2.75, 3.05) is 6.54 Å². The fourth-order valence-corrected chi connectivity index (χ4v) is 5.13. The minimum absolute atomic E-state index is 0.205. The molecule has 3 aromatic rings. The molecule has 1 aromatic carbocycles. The number of rotatable bonds is 5. The lowest BCUT2D eigenvalue weighted by atomic mass is 9.99. The van der Waals surface area contributed by atoms with Gasteiger partial charge in [0.1, 0.15) is 11.9 Å². The molecule has 1 fully saturated rings. The summed E-state index contributed by atoms with van der Waals surface area (Å²) in [4.78, 5) is 55.1. The highest BCUT2D eigenvalue weighted by Gasteiger charge is 2.39. The van der Waals surface area contributed by atoms with Crippen LogP contribution in [0, 0.1) is 5.92 Å². The predicted molar refractivity (Wildman–Crippen MR) is 124 cm³/mol. The third kappa shape index (κ3) is 3.93. The first kappa shape index (κ1) is 22.1. The standard InChI is InChI=1S/C24H24N8O4/c33-21-6-4-19(23(35)27-21)31-12-15-9-16(2-3-17(15)24(31)36)32-13-18(28-29-32)22(34)26-10-14-1-5-20-25-7-8-30(20)11-14/h2-3,7-9,13-14,19H,1,4-6,10-12H2,(H,26,34)(H,27,33,35). The molecule has 36 heavy (non-hydrogen) atoms. The number of imidazole rings is 1. The molecule has 2 atom stereocenters. The molecule has 0 bridgehead atoms. The average Bonchev–Trinajstić information content (AvgIpc) is 3.61. The van der Waals surface area contributed by atoms with Crippen LogP contribution in [0.3, 0.4) is 0 Å². The second-order valence-corrected chi connectivity index (χ2v) is 9.40. The number of nitrogens with zero attached hydrogens (tertiary/aromatic N) is 6. The molecule has 5 heterocycles. The summed E-state index contributed by atoms with van der Waals surface area (Å²) in [5.41, 5.74) is 2.11. The monoisotopic (exact) mass is 488 g/mol. The maximum Gasteiger partial charge on any atom is 0.273 e. The second kappa shape index (κ2) is 8.70. The smallest absolute Gasteiger partial charge is 0.273 e. The van der Waals surface area contributed by atoms with Gasteiger partial charge in [-0.05, 0) is 42.5 Å². The van der Waals surface area contributed by atoms with E-state index in [1.807, 2.05) is 6.20 Å². The Bertz CT molecular complexity index is 1390. The summed E-state index contributed by atoms with van der Waals surface area (Å²) in [6, 6.07) is 4.55. The minimum atomic E-state index is -0.669. The number of fused-ring (bicyclic) bond motifs is 2. The molecule has 0 spiro atoms. The summed E-state index contributed by atoms with van der Waals surface area (Å²) in [6.07, 6.45) is 7.69. The van der Waals surface area contributed by atoms with Crippen LogP contribution in [0.15, 0.2) is 36.8 Å². The second-order valence-electron chi connectivity index (χ2n) is 9.40. The van der Waals surface area contributed by atoms with Crippen LogP contribution in [0.2, 0.25) is 0 Å². The maximum absolute atomic E-state index is 12.9. The van der Waals surface area contributed by atoms with Crippen molar-refractivity contribution in [1.29, 1.82) is 0 Å². The fourth-order valence-electron chi connectivity index (χ4n) is 5.13. The molecule has 1 saturated heterocycles. The first-order valence-corrected chi connectivity index (χ1v) is 11.9. The van der Waals surface area contributed by atoms with E-state index in [0.29, 0.717) is 30.1 Å². The van der Waals surface area contributed by atoms with Crippen molar-refractivity contribution in [3.05, 3.63) is 59.4 Å². The topological polar surface area (TPSA) is 144 Å². The molecule has 184 valence electrons. The summed E-state index contributed by atoms with van der Waals surface area (Å²) in [7, 11) is 0. The van der Waals surface area contributed by atoms with E-state index >= 15 is 0 Å². The van der Waals surface area contributed by atoms with Crippen LogP contribution >= 0.6 is 0 Å². The largest absolute Gasteiger partial charge is 0.350 e. The van der Waals surface area contributed by atoms with E-state index in [0.717, 1.165) is 30.8 Å². The van der Waals surface area contributed by atoms with Gasteiger partial charge in [0, 0.05) is 50.4 Å². The lowest BCUT2D eigenvalue weighted by Gasteiger charge is -2.29. The lowest BCUT2D eigenvalue weighted by molar-refractivity contribution is -0.136. The SMILES string of the molecule is O=C1CCC(N2Cc3cc(-n4cc(C(=O)NCC5CCc6nccn6C5)nn4)ccc3C2=O)C(=O)N1. The summed E-state index contributed by atoms with van der Waals surface area (Å²) in [6.45, 7) is 1.63. The molecular weight excluding hydrogens is 464 g/mol. The van der Waals surface area contributed by atoms with Gasteiger partial charge in [-0.25, -0.2) is 9.67 Å². The molecule has 6 rings (SSSR count). The van der Waals surface area contributed by atoms with Crippen LogP contribution in [-0.2, 0) is 29.1 Å². The van der Waals surface area contributed by atoms with Gasteiger partial charge in [0.05, 0.1) is 11.9 Å². The third-order valence-electron chi connectivity index (χ3n) is 7.08. The average molecular weight is 489 g/mol.